The van der Waals surface area contributed by atoms with Crippen LogP contribution < -0.4 is 9.80 Å². The van der Waals surface area contributed by atoms with Crippen molar-refractivity contribution in [3.8, 4) is 0 Å². The molecule has 0 radical (unpaired) electrons. The Balaban J connectivity index is 1.30. The van der Waals surface area contributed by atoms with E-state index in [2.05, 4.69) is 10.3 Å². The standard InChI is InChI=1S/C19H21F2N5O3/c20-16-7-12(8-17(21)18(16)24-9-13-1-2-14(10-24)28-13)26-11-15(29-19(26)27)3-5-25-6-4-22-23-25/h4,6-8,13-15H,1-3,5,9-11H2/t13?,14?,15-/m0/s1. The van der Waals surface area contributed by atoms with Gasteiger partial charge in [0.25, 0.3) is 0 Å². The Morgan fingerprint density at radius 3 is 2.48 bits per heavy atom. The van der Waals surface area contributed by atoms with Gasteiger partial charge in [0, 0.05) is 44.4 Å². The molecule has 3 saturated heterocycles. The highest BCUT2D eigenvalue weighted by molar-refractivity contribution is 5.90. The van der Waals surface area contributed by atoms with E-state index in [4.69, 9.17) is 9.47 Å². The second-order valence-electron chi connectivity index (χ2n) is 7.69. The van der Waals surface area contributed by atoms with E-state index < -0.39 is 17.7 Å². The summed E-state index contributed by atoms with van der Waals surface area (Å²) in [5.41, 5.74) is 0.109. The number of fused-ring (bicyclic) bond motifs is 2. The fourth-order valence-corrected chi connectivity index (χ4v) is 4.32. The zero-order valence-corrected chi connectivity index (χ0v) is 15.7. The zero-order chi connectivity index (χ0) is 20.0. The number of hydrogen-bond donors (Lipinski definition) is 0. The number of anilines is 2. The Morgan fingerprint density at radius 1 is 1.10 bits per heavy atom. The molecule has 0 N–H and O–H groups in total. The minimum atomic E-state index is -0.680. The summed E-state index contributed by atoms with van der Waals surface area (Å²) >= 11 is 0. The summed E-state index contributed by atoms with van der Waals surface area (Å²) in [6.45, 7) is 1.71. The molecule has 1 amide bonds. The van der Waals surface area contributed by atoms with Crippen LogP contribution in [0, 0.1) is 11.6 Å². The van der Waals surface area contributed by atoms with Gasteiger partial charge in [-0.15, -0.1) is 5.10 Å². The number of aryl methyl sites for hydroxylation is 1. The van der Waals surface area contributed by atoms with Gasteiger partial charge in [-0.25, -0.2) is 13.6 Å². The van der Waals surface area contributed by atoms with Crippen LogP contribution in [-0.4, -0.2) is 59.0 Å². The van der Waals surface area contributed by atoms with E-state index in [0.29, 0.717) is 26.1 Å². The Labute approximate surface area is 166 Å². The van der Waals surface area contributed by atoms with Crippen molar-refractivity contribution in [2.45, 2.75) is 44.1 Å². The summed E-state index contributed by atoms with van der Waals surface area (Å²) in [5, 5.41) is 7.59. The minimum absolute atomic E-state index is 0.0199. The number of carbonyl (C=O) groups is 1. The summed E-state index contributed by atoms with van der Waals surface area (Å²) in [6, 6.07) is 2.41. The molecule has 2 aromatic rings. The largest absolute Gasteiger partial charge is 0.444 e. The number of cyclic esters (lactones) is 1. The first-order chi connectivity index (χ1) is 14.1. The molecule has 0 spiro atoms. The minimum Gasteiger partial charge on any atom is -0.444 e. The SMILES string of the molecule is O=C1O[C@@H](CCn2ccnn2)CN1c1cc(F)c(N2CC3CCC(C2)O3)c(F)c1. The molecule has 10 heteroatoms. The molecule has 8 nitrogen and oxygen atoms in total. The van der Waals surface area contributed by atoms with Gasteiger partial charge in [0.2, 0.25) is 0 Å². The van der Waals surface area contributed by atoms with E-state index in [1.807, 2.05) is 0 Å². The van der Waals surface area contributed by atoms with Crippen molar-refractivity contribution in [3.05, 3.63) is 36.2 Å². The van der Waals surface area contributed by atoms with Gasteiger partial charge >= 0.3 is 6.09 Å². The van der Waals surface area contributed by atoms with E-state index in [1.54, 1.807) is 22.0 Å². The third kappa shape index (κ3) is 3.52. The maximum Gasteiger partial charge on any atom is 0.414 e. The average Bonchev–Trinajstić information content (AvgIpc) is 3.40. The molecule has 3 aliphatic heterocycles. The van der Waals surface area contributed by atoms with E-state index in [9.17, 15) is 13.6 Å². The lowest BCUT2D eigenvalue weighted by atomic mass is 10.2. The van der Waals surface area contributed by atoms with Crippen LogP contribution in [0.2, 0.25) is 0 Å². The van der Waals surface area contributed by atoms with Crippen LogP contribution in [0.3, 0.4) is 0 Å². The van der Waals surface area contributed by atoms with Gasteiger partial charge < -0.3 is 14.4 Å². The Hall–Kier alpha value is -2.75. The average molecular weight is 405 g/mol. The second kappa shape index (κ2) is 7.25. The maximum absolute atomic E-state index is 14.9. The highest BCUT2D eigenvalue weighted by Crippen LogP contribution is 2.35. The zero-order valence-electron chi connectivity index (χ0n) is 15.7. The lowest BCUT2D eigenvalue weighted by Crippen LogP contribution is -2.43. The topological polar surface area (TPSA) is 72.7 Å². The highest BCUT2D eigenvalue weighted by Gasteiger charge is 2.37. The van der Waals surface area contributed by atoms with E-state index in [-0.39, 0.29) is 36.2 Å². The van der Waals surface area contributed by atoms with Crippen molar-refractivity contribution < 1.29 is 23.0 Å². The summed E-state index contributed by atoms with van der Waals surface area (Å²) < 4.78 is 42.4. The lowest BCUT2D eigenvalue weighted by molar-refractivity contribution is 0.0300. The number of rotatable bonds is 5. The summed E-state index contributed by atoms with van der Waals surface area (Å²) in [4.78, 5) is 15.2. The van der Waals surface area contributed by atoms with Crippen molar-refractivity contribution >= 4 is 17.5 Å². The predicted molar refractivity (Wildman–Crippen MR) is 98.7 cm³/mol. The van der Waals surface area contributed by atoms with E-state index in [1.165, 1.54) is 17.0 Å². The quantitative estimate of drug-likeness (QED) is 0.760. The number of hydrogen-bond acceptors (Lipinski definition) is 6. The molecular formula is C19H21F2N5O3. The van der Waals surface area contributed by atoms with Crippen molar-refractivity contribution in [3.63, 3.8) is 0 Å². The summed E-state index contributed by atoms with van der Waals surface area (Å²) in [7, 11) is 0. The van der Waals surface area contributed by atoms with Gasteiger partial charge in [-0.2, -0.15) is 0 Å². The third-order valence-corrected chi connectivity index (χ3v) is 5.70. The maximum atomic E-state index is 14.9. The van der Waals surface area contributed by atoms with Gasteiger partial charge in [0.1, 0.15) is 11.8 Å². The lowest BCUT2D eigenvalue weighted by Gasteiger charge is -2.34. The normalized spacial score (nSPS) is 26.3. The molecule has 3 aliphatic rings. The van der Waals surface area contributed by atoms with E-state index in [0.717, 1.165) is 12.8 Å². The fourth-order valence-electron chi connectivity index (χ4n) is 4.32. The van der Waals surface area contributed by atoms with Crippen LogP contribution in [0.5, 0.6) is 0 Å². The summed E-state index contributed by atoms with van der Waals surface area (Å²) in [6.07, 6.45) is 4.70. The van der Waals surface area contributed by atoms with Crippen molar-refractivity contribution in [2.75, 3.05) is 29.4 Å². The highest BCUT2D eigenvalue weighted by atomic mass is 19.1. The predicted octanol–water partition coefficient (Wildman–Crippen LogP) is 2.34. The van der Waals surface area contributed by atoms with Gasteiger partial charge in [-0.3, -0.25) is 9.58 Å². The monoisotopic (exact) mass is 405 g/mol. The molecular weight excluding hydrogens is 384 g/mol. The number of ether oxygens (including phenoxy) is 2. The molecule has 3 fully saturated rings. The molecule has 3 atom stereocenters. The van der Waals surface area contributed by atoms with Crippen LogP contribution in [-0.2, 0) is 16.0 Å². The Kier molecular flexibility index (Phi) is 4.57. The van der Waals surface area contributed by atoms with Crippen LogP contribution in [0.1, 0.15) is 19.3 Å². The fraction of sp³-hybridized carbons (Fsp3) is 0.526. The molecule has 1 aromatic carbocycles. The number of benzene rings is 1. The van der Waals surface area contributed by atoms with Gasteiger partial charge in [0.15, 0.2) is 11.6 Å². The molecule has 29 heavy (non-hydrogen) atoms. The first-order valence-corrected chi connectivity index (χ1v) is 9.78. The second-order valence-corrected chi connectivity index (χ2v) is 7.69. The number of aromatic nitrogens is 3. The Bertz CT molecular complexity index is 874. The van der Waals surface area contributed by atoms with Crippen LogP contribution in [0.4, 0.5) is 25.0 Å². The first-order valence-electron chi connectivity index (χ1n) is 9.78. The third-order valence-electron chi connectivity index (χ3n) is 5.70. The molecule has 5 rings (SSSR count). The first kappa shape index (κ1) is 18.3. The molecule has 2 unspecified atom stereocenters. The number of carbonyl (C=O) groups excluding carboxylic acids is 1. The number of morpholine rings is 1. The molecule has 2 bridgehead atoms. The smallest absolute Gasteiger partial charge is 0.414 e. The number of halogens is 2. The number of amides is 1. The van der Waals surface area contributed by atoms with Crippen LogP contribution in [0.25, 0.3) is 0 Å². The Morgan fingerprint density at radius 2 is 1.83 bits per heavy atom. The van der Waals surface area contributed by atoms with Crippen molar-refractivity contribution in [2.24, 2.45) is 0 Å². The summed E-state index contributed by atoms with van der Waals surface area (Å²) in [5.74, 6) is -1.36. The molecule has 0 saturated carbocycles. The van der Waals surface area contributed by atoms with Crippen LogP contribution in [0.15, 0.2) is 24.5 Å². The molecule has 4 heterocycles. The molecule has 1 aromatic heterocycles. The van der Waals surface area contributed by atoms with Gasteiger partial charge in [0.05, 0.1) is 30.6 Å². The molecule has 154 valence electrons. The van der Waals surface area contributed by atoms with Crippen molar-refractivity contribution in [1.82, 2.24) is 15.0 Å². The van der Waals surface area contributed by atoms with E-state index >= 15 is 0 Å². The molecule has 0 aliphatic carbocycles. The number of nitrogens with zero attached hydrogens (tertiary/aromatic N) is 5. The van der Waals surface area contributed by atoms with Gasteiger partial charge in [-0.1, -0.05) is 5.21 Å². The van der Waals surface area contributed by atoms with Crippen LogP contribution >= 0.6 is 0 Å². The van der Waals surface area contributed by atoms with Gasteiger partial charge in [-0.05, 0) is 12.8 Å². The van der Waals surface area contributed by atoms with Crippen molar-refractivity contribution in [1.29, 1.82) is 0 Å².